The number of hydrogen-bond donors (Lipinski definition) is 1. The molecule has 2 saturated carbocycles. The SMILES string of the molecule is C.CCCCC(NC12CCCC(CCC1)C2)Oc1ccc(C(=O)N2CCC(N3C(=O)CCc4ccccc43)CC2)cc1. The average Bonchev–Trinajstić information content (AvgIpc) is 3.00. The summed E-state index contributed by atoms with van der Waals surface area (Å²) >= 11 is 0. The maximum atomic E-state index is 13.4. The van der Waals surface area contributed by atoms with Gasteiger partial charge < -0.3 is 14.5 Å². The second-order valence-electron chi connectivity index (χ2n) is 13.0. The molecule has 0 spiro atoms. The van der Waals surface area contributed by atoms with E-state index in [1.807, 2.05) is 46.2 Å². The number of para-hydroxylation sites is 1. The van der Waals surface area contributed by atoms with Gasteiger partial charge in [-0.2, -0.15) is 0 Å². The average molecular weight is 574 g/mol. The standard InChI is InChI=1S/C35H47N3O3.CH4/c1-2-3-12-32(36-35-21-6-8-26(25-35)9-7-22-35)41-30-16-13-28(14-17-30)34(40)37-23-19-29(20-24-37)38-31-11-5-4-10-27(31)15-18-33(38)39;/h4-5,10-11,13-14,16-17,26,29,32,36H,2-3,6-9,12,15,18-25H2,1H3;1H4. The zero-order valence-electron chi connectivity index (χ0n) is 24.8. The molecule has 1 atom stereocenters. The molecule has 42 heavy (non-hydrogen) atoms. The lowest BCUT2D eigenvalue weighted by Gasteiger charge is -2.47. The molecule has 0 aromatic heterocycles. The Kier molecular flexibility index (Phi) is 9.92. The Labute approximate surface area is 253 Å². The molecule has 1 unspecified atom stereocenters. The van der Waals surface area contributed by atoms with Crippen LogP contribution in [0.3, 0.4) is 0 Å². The molecule has 2 aliphatic heterocycles. The number of nitrogens with zero attached hydrogens (tertiary/aromatic N) is 2. The fourth-order valence-corrected chi connectivity index (χ4v) is 7.99. The fourth-order valence-electron chi connectivity index (χ4n) is 7.99. The van der Waals surface area contributed by atoms with Gasteiger partial charge in [-0.05, 0) is 93.2 Å². The minimum atomic E-state index is 0. The van der Waals surface area contributed by atoms with Gasteiger partial charge in [0, 0.05) is 42.3 Å². The van der Waals surface area contributed by atoms with E-state index >= 15 is 0 Å². The van der Waals surface area contributed by atoms with E-state index in [0.717, 1.165) is 55.9 Å². The van der Waals surface area contributed by atoms with Gasteiger partial charge >= 0.3 is 0 Å². The zero-order chi connectivity index (χ0) is 28.2. The highest BCUT2D eigenvalue weighted by atomic mass is 16.5. The molecule has 2 heterocycles. The summed E-state index contributed by atoms with van der Waals surface area (Å²) in [5.41, 5.74) is 3.25. The Hall–Kier alpha value is -2.86. The first-order valence-electron chi connectivity index (χ1n) is 16.3. The van der Waals surface area contributed by atoms with Crippen LogP contribution in [0.15, 0.2) is 48.5 Å². The lowest BCUT2D eigenvalue weighted by atomic mass is 9.67. The number of hydrogen-bond acceptors (Lipinski definition) is 4. The van der Waals surface area contributed by atoms with E-state index in [1.165, 1.54) is 50.5 Å². The molecule has 3 fully saturated rings. The van der Waals surface area contributed by atoms with Crippen LogP contribution in [0.25, 0.3) is 0 Å². The highest BCUT2D eigenvalue weighted by Gasteiger charge is 2.40. The highest BCUT2D eigenvalue weighted by Crippen LogP contribution is 2.43. The van der Waals surface area contributed by atoms with Crippen LogP contribution in [0, 0.1) is 5.92 Å². The smallest absolute Gasteiger partial charge is 0.253 e. The molecular formula is C36H51N3O3. The van der Waals surface area contributed by atoms with E-state index in [0.29, 0.717) is 25.1 Å². The van der Waals surface area contributed by atoms with Crippen molar-refractivity contribution < 1.29 is 14.3 Å². The maximum absolute atomic E-state index is 13.4. The first kappa shape index (κ1) is 30.6. The van der Waals surface area contributed by atoms with Gasteiger partial charge in [-0.25, -0.2) is 0 Å². The molecule has 2 amide bonds. The normalized spacial score (nSPS) is 24.9. The van der Waals surface area contributed by atoms with E-state index in [1.54, 1.807) is 0 Å². The number of unbranched alkanes of at least 4 members (excludes halogenated alkanes) is 1. The van der Waals surface area contributed by atoms with Crippen molar-refractivity contribution in [3.8, 4) is 5.75 Å². The molecule has 1 saturated heterocycles. The first-order valence-corrected chi connectivity index (χ1v) is 16.3. The van der Waals surface area contributed by atoms with Gasteiger partial charge in [0.25, 0.3) is 5.91 Å². The van der Waals surface area contributed by atoms with Crippen LogP contribution in [0.1, 0.15) is 114 Å². The summed E-state index contributed by atoms with van der Waals surface area (Å²) < 4.78 is 6.53. The van der Waals surface area contributed by atoms with Crippen molar-refractivity contribution in [2.24, 2.45) is 5.92 Å². The molecule has 228 valence electrons. The number of carbonyl (C=O) groups is 2. The van der Waals surface area contributed by atoms with Gasteiger partial charge in [0.2, 0.25) is 5.91 Å². The topological polar surface area (TPSA) is 61.9 Å². The van der Waals surface area contributed by atoms with Crippen LogP contribution in [0.2, 0.25) is 0 Å². The molecule has 2 bridgehead atoms. The summed E-state index contributed by atoms with van der Waals surface area (Å²) in [5.74, 6) is 1.98. The van der Waals surface area contributed by atoms with Crippen LogP contribution >= 0.6 is 0 Å². The molecule has 1 N–H and O–H groups in total. The van der Waals surface area contributed by atoms with E-state index in [2.05, 4.69) is 24.4 Å². The van der Waals surface area contributed by atoms with Crippen molar-refractivity contribution in [2.75, 3.05) is 18.0 Å². The van der Waals surface area contributed by atoms with Crippen molar-refractivity contribution in [3.63, 3.8) is 0 Å². The quantitative estimate of drug-likeness (QED) is 0.316. The van der Waals surface area contributed by atoms with Gasteiger partial charge in [0.1, 0.15) is 5.75 Å². The monoisotopic (exact) mass is 573 g/mol. The van der Waals surface area contributed by atoms with Crippen molar-refractivity contribution in [1.82, 2.24) is 10.2 Å². The van der Waals surface area contributed by atoms with Crippen molar-refractivity contribution >= 4 is 17.5 Å². The van der Waals surface area contributed by atoms with Crippen LogP contribution in [0.5, 0.6) is 5.75 Å². The van der Waals surface area contributed by atoms with Gasteiger partial charge in [-0.1, -0.05) is 64.7 Å². The molecule has 2 aromatic rings. The summed E-state index contributed by atoms with van der Waals surface area (Å²) in [5, 5.41) is 3.99. The number of fused-ring (bicyclic) bond motifs is 3. The second-order valence-corrected chi connectivity index (χ2v) is 13.0. The lowest BCUT2D eigenvalue weighted by Crippen LogP contribution is -2.56. The number of ether oxygens (including phenoxy) is 1. The Bertz CT molecular complexity index is 1190. The predicted molar refractivity (Wildman–Crippen MR) is 170 cm³/mol. The fraction of sp³-hybridized carbons (Fsp3) is 0.611. The summed E-state index contributed by atoms with van der Waals surface area (Å²) in [4.78, 5) is 30.2. The molecular weight excluding hydrogens is 522 g/mol. The third-order valence-corrected chi connectivity index (χ3v) is 10.1. The van der Waals surface area contributed by atoms with Crippen LogP contribution in [0.4, 0.5) is 5.69 Å². The largest absolute Gasteiger partial charge is 0.475 e. The van der Waals surface area contributed by atoms with Crippen molar-refractivity contribution in [3.05, 3.63) is 59.7 Å². The molecule has 6 heteroatoms. The van der Waals surface area contributed by atoms with Crippen molar-refractivity contribution in [2.45, 2.75) is 122 Å². The minimum Gasteiger partial charge on any atom is -0.475 e. The first-order chi connectivity index (χ1) is 20.0. The van der Waals surface area contributed by atoms with Crippen LogP contribution < -0.4 is 15.0 Å². The summed E-state index contributed by atoms with van der Waals surface area (Å²) in [7, 11) is 0. The van der Waals surface area contributed by atoms with Crippen molar-refractivity contribution in [1.29, 1.82) is 0 Å². The third kappa shape index (κ3) is 6.69. The predicted octanol–water partition coefficient (Wildman–Crippen LogP) is 7.50. The molecule has 2 aromatic carbocycles. The number of likely N-dealkylation sites (tertiary alicyclic amines) is 1. The van der Waals surface area contributed by atoms with E-state index in [4.69, 9.17) is 4.74 Å². The number of aryl methyl sites for hydroxylation is 1. The Balaban J connectivity index is 0.00000353. The Morgan fingerprint density at radius 3 is 2.43 bits per heavy atom. The molecule has 6 nitrogen and oxygen atoms in total. The molecule has 0 radical (unpaired) electrons. The minimum absolute atomic E-state index is 0. The lowest BCUT2D eigenvalue weighted by molar-refractivity contribution is -0.119. The van der Waals surface area contributed by atoms with Crippen LogP contribution in [-0.2, 0) is 11.2 Å². The van der Waals surface area contributed by atoms with Gasteiger partial charge in [-0.15, -0.1) is 0 Å². The Morgan fingerprint density at radius 2 is 1.71 bits per heavy atom. The summed E-state index contributed by atoms with van der Waals surface area (Å²) in [6.45, 7) is 3.57. The molecule has 6 rings (SSSR count). The van der Waals surface area contributed by atoms with E-state index in [-0.39, 0.29) is 37.0 Å². The molecule has 2 aliphatic carbocycles. The van der Waals surface area contributed by atoms with E-state index < -0.39 is 0 Å². The number of rotatable bonds is 9. The molecule has 4 aliphatic rings. The number of carbonyl (C=O) groups excluding carboxylic acids is 2. The van der Waals surface area contributed by atoms with Gasteiger partial charge in [-0.3, -0.25) is 14.9 Å². The van der Waals surface area contributed by atoms with Gasteiger partial charge in [0.15, 0.2) is 6.23 Å². The Morgan fingerprint density at radius 1 is 1.00 bits per heavy atom. The maximum Gasteiger partial charge on any atom is 0.253 e. The van der Waals surface area contributed by atoms with E-state index in [9.17, 15) is 9.59 Å². The number of piperidine rings is 1. The number of anilines is 1. The number of amides is 2. The third-order valence-electron chi connectivity index (χ3n) is 10.1. The zero-order valence-corrected chi connectivity index (χ0v) is 24.8. The highest BCUT2D eigenvalue weighted by molar-refractivity contribution is 5.97. The van der Waals surface area contributed by atoms with Gasteiger partial charge in [0.05, 0.1) is 0 Å². The van der Waals surface area contributed by atoms with Crippen LogP contribution in [-0.4, -0.2) is 47.6 Å². The number of benzene rings is 2. The number of nitrogens with one attached hydrogen (secondary N) is 1. The summed E-state index contributed by atoms with van der Waals surface area (Å²) in [6.07, 6.45) is 15.6. The second kappa shape index (κ2) is 13.6. The summed E-state index contributed by atoms with van der Waals surface area (Å²) in [6, 6.07) is 16.2.